The maximum absolute atomic E-state index is 13.1. The third kappa shape index (κ3) is 12.3. The number of nitrogens with two attached hydrogens (primary N) is 2. The van der Waals surface area contributed by atoms with E-state index < -0.39 is 47.9 Å². The minimum absolute atomic E-state index is 0.104. The number of nitrogens with one attached hydrogen (secondary N) is 3. The smallest absolute Gasteiger partial charge is 0.326 e. The van der Waals surface area contributed by atoms with Crippen molar-refractivity contribution in [2.45, 2.75) is 104 Å². The van der Waals surface area contributed by atoms with Gasteiger partial charge in [0.25, 0.3) is 0 Å². The summed E-state index contributed by atoms with van der Waals surface area (Å²) in [6.45, 7) is 11.9. The lowest BCUT2D eigenvalue weighted by Gasteiger charge is -2.28. The molecule has 0 bridgehead atoms. The zero-order chi connectivity index (χ0) is 26.4. The van der Waals surface area contributed by atoms with Crippen molar-refractivity contribution in [2.75, 3.05) is 6.54 Å². The van der Waals surface area contributed by atoms with Gasteiger partial charge in [-0.15, -0.1) is 0 Å². The van der Waals surface area contributed by atoms with Crippen LogP contribution in [-0.4, -0.2) is 59.5 Å². The van der Waals surface area contributed by atoms with Crippen LogP contribution >= 0.6 is 0 Å². The van der Waals surface area contributed by atoms with Gasteiger partial charge in [0.15, 0.2) is 0 Å². The van der Waals surface area contributed by atoms with Crippen molar-refractivity contribution >= 4 is 23.7 Å². The van der Waals surface area contributed by atoms with Gasteiger partial charge in [0, 0.05) is 0 Å². The first-order valence-corrected chi connectivity index (χ1v) is 12.4. The van der Waals surface area contributed by atoms with Gasteiger partial charge in [-0.3, -0.25) is 14.4 Å². The van der Waals surface area contributed by atoms with E-state index in [-0.39, 0.29) is 24.2 Å². The number of hydrogen-bond acceptors (Lipinski definition) is 6. The molecule has 8 N–H and O–H groups in total. The van der Waals surface area contributed by atoms with Crippen molar-refractivity contribution in [3.8, 4) is 0 Å². The predicted octanol–water partition coefficient (Wildman–Crippen LogP) is 1.12. The largest absolute Gasteiger partial charge is 0.480 e. The number of aliphatic carboxylic acids is 1. The number of rotatable bonds is 17. The summed E-state index contributed by atoms with van der Waals surface area (Å²) < 4.78 is 0. The van der Waals surface area contributed by atoms with Crippen molar-refractivity contribution in [2.24, 2.45) is 29.2 Å². The Kier molecular flexibility index (Phi) is 15.4. The highest BCUT2D eigenvalue weighted by atomic mass is 16.4. The van der Waals surface area contributed by atoms with Crippen LogP contribution in [0.4, 0.5) is 0 Å². The zero-order valence-electron chi connectivity index (χ0n) is 21.7. The lowest BCUT2D eigenvalue weighted by Crippen LogP contribution is -2.58. The number of carbonyl (C=O) groups excluding carboxylic acids is 3. The van der Waals surface area contributed by atoms with Crippen LogP contribution in [0.2, 0.25) is 0 Å². The summed E-state index contributed by atoms with van der Waals surface area (Å²) in [5.74, 6) is -2.52. The second kappa shape index (κ2) is 16.4. The molecule has 0 saturated carbocycles. The monoisotopic (exact) mass is 485 g/mol. The van der Waals surface area contributed by atoms with Gasteiger partial charge in [-0.2, -0.15) is 0 Å². The maximum atomic E-state index is 13.1. The Bertz CT molecular complexity index is 656. The molecule has 0 saturated heterocycles. The van der Waals surface area contributed by atoms with Gasteiger partial charge in [0.05, 0.1) is 6.04 Å². The number of unbranched alkanes of at least 4 members (excludes halogenated alkanes) is 1. The van der Waals surface area contributed by atoms with E-state index >= 15 is 0 Å². The van der Waals surface area contributed by atoms with Crippen molar-refractivity contribution in [1.29, 1.82) is 0 Å². The Hall–Kier alpha value is -2.20. The van der Waals surface area contributed by atoms with E-state index in [2.05, 4.69) is 16.0 Å². The lowest BCUT2D eigenvalue weighted by molar-refractivity contribution is -0.143. The molecule has 5 unspecified atom stereocenters. The number of carboxylic acids is 1. The Morgan fingerprint density at radius 2 is 1.35 bits per heavy atom. The second-order valence-corrected chi connectivity index (χ2v) is 9.98. The van der Waals surface area contributed by atoms with Crippen LogP contribution in [0.15, 0.2) is 0 Å². The minimum Gasteiger partial charge on any atom is -0.480 e. The third-order valence-corrected chi connectivity index (χ3v) is 5.76. The van der Waals surface area contributed by atoms with E-state index in [1.807, 2.05) is 41.5 Å². The Labute approximate surface area is 204 Å². The molecule has 0 rings (SSSR count). The highest BCUT2D eigenvalue weighted by Gasteiger charge is 2.33. The first-order valence-electron chi connectivity index (χ1n) is 12.4. The fraction of sp³-hybridized carbons (Fsp3) is 0.833. The van der Waals surface area contributed by atoms with Crippen LogP contribution in [0.5, 0.6) is 0 Å². The molecule has 198 valence electrons. The molecule has 0 aromatic rings. The first-order chi connectivity index (χ1) is 15.8. The van der Waals surface area contributed by atoms with Crippen molar-refractivity contribution in [3.05, 3.63) is 0 Å². The van der Waals surface area contributed by atoms with E-state index in [1.165, 1.54) is 0 Å². The van der Waals surface area contributed by atoms with Gasteiger partial charge in [0.1, 0.15) is 18.1 Å². The van der Waals surface area contributed by atoms with Crippen LogP contribution in [0.25, 0.3) is 0 Å². The van der Waals surface area contributed by atoms with E-state index in [4.69, 9.17) is 11.5 Å². The summed E-state index contributed by atoms with van der Waals surface area (Å²) in [7, 11) is 0. The van der Waals surface area contributed by atoms with Crippen LogP contribution in [0.1, 0.15) is 80.1 Å². The fourth-order valence-corrected chi connectivity index (χ4v) is 3.56. The Balaban J connectivity index is 5.50. The summed E-state index contributed by atoms with van der Waals surface area (Å²) in [5, 5.41) is 17.5. The van der Waals surface area contributed by atoms with Crippen LogP contribution in [-0.2, 0) is 19.2 Å². The molecular weight excluding hydrogens is 438 g/mol. The molecule has 5 atom stereocenters. The van der Waals surface area contributed by atoms with Crippen LogP contribution in [0.3, 0.4) is 0 Å². The van der Waals surface area contributed by atoms with Crippen LogP contribution in [0, 0.1) is 17.8 Å². The van der Waals surface area contributed by atoms with Gasteiger partial charge in [-0.1, -0.05) is 48.0 Å². The first kappa shape index (κ1) is 31.8. The SMILES string of the molecule is CCC(C)C(NC(=O)C(CC(C)C)NC(=O)C(N)CC(C)C)C(=O)NC(CCCCN)C(=O)O. The standard InChI is InChI=1S/C24H47N5O5/c1-7-16(6)20(23(32)27-18(24(33)34)10-8-9-11-25)29-22(31)19(13-15(4)5)28-21(30)17(26)12-14(2)3/h14-20H,7-13,25-26H2,1-6H3,(H,27,32)(H,28,30)(H,29,31)(H,33,34). The second-order valence-electron chi connectivity index (χ2n) is 9.98. The summed E-state index contributed by atoms with van der Waals surface area (Å²) in [4.78, 5) is 50.3. The molecule has 0 aromatic heterocycles. The molecule has 10 nitrogen and oxygen atoms in total. The van der Waals surface area contributed by atoms with Crippen molar-refractivity contribution in [3.63, 3.8) is 0 Å². The fourth-order valence-electron chi connectivity index (χ4n) is 3.56. The number of hydrogen-bond donors (Lipinski definition) is 6. The Morgan fingerprint density at radius 3 is 1.82 bits per heavy atom. The Morgan fingerprint density at radius 1 is 0.794 bits per heavy atom. The molecule has 10 heteroatoms. The molecule has 34 heavy (non-hydrogen) atoms. The number of carbonyl (C=O) groups is 4. The molecule has 0 fully saturated rings. The van der Waals surface area contributed by atoms with E-state index in [1.54, 1.807) is 0 Å². The highest BCUT2D eigenvalue weighted by Crippen LogP contribution is 2.12. The average Bonchev–Trinajstić information content (AvgIpc) is 2.74. The molecule has 0 radical (unpaired) electrons. The van der Waals surface area contributed by atoms with Gasteiger partial charge >= 0.3 is 5.97 Å². The van der Waals surface area contributed by atoms with Crippen molar-refractivity contribution < 1.29 is 24.3 Å². The quantitative estimate of drug-likeness (QED) is 0.167. The number of amides is 3. The third-order valence-electron chi connectivity index (χ3n) is 5.76. The van der Waals surface area contributed by atoms with Gasteiger partial charge in [-0.05, 0) is 56.4 Å². The van der Waals surface area contributed by atoms with E-state index in [0.717, 1.165) is 0 Å². The summed E-state index contributed by atoms with van der Waals surface area (Å²) in [6.07, 6.45) is 2.91. The summed E-state index contributed by atoms with van der Waals surface area (Å²) in [5.41, 5.74) is 11.5. The lowest BCUT2D eigenvalue weighted by atomic mass is 9.96. The van der Waals surface area contributed by atoms with E-state index in [9.17, 15) is 24.3 Å². The normalized spacial score (nSPS) is 15.8. The highest BCUT2D eigenvalue weighted by molar-refractivity contribution is 5.94. The molecule has 0 aromatic carbocycles. The molecular formula is C24H47N5O5. The molecule has 0 spiro atoms. The molecule has 0 aliphatic heterocycles. The molecule has 3 amide bonds. The summed E-state index contributed by atoms with van der Waals surface area (Å²) >= 11 is 0. The topological polar surface area (TPSA) is 177 Å². The van der Waals surface area contributed by atoms with Crippen LogP contribution < -0.4 is 27.4 Å². The minimum atomic E-state index is -1.14. The van der Waals surface area contributed by atoms with Gasteiger partial charge in [0.2, 0.25) is 17.7 Å². The maximum Gasteiger partial charge on any atom is 0.326 e. The van der Waals surface area contributed by atoms with Crippen molar-refractivity contribution in [1.82, 2.24) is 16.0 Å². The average molecular weight is 486 g/mol. The number of carboxylic acid groups (broad SMARTS) is 1. The molecule has 0 aliphatic rings. The van der Waals surface area contributed by atoms with E-state index in [0.29, 0.717) is 38.6 Å². The predicted molar refractivity (Wildman–Crippen MR) is 133 cm³/mol. The van der Waals surface area contributed by atoms with Gasteiger partial charge in [-0.25, -0.2) is 4.79 Å². The zero-order valence-corrected chi connectivity index (χ0v) is 21.7. The van der Waals surface area contributed by atoms with Gasteiger partial charge < -0.3 is 32.5 Å². The molecule has 0 aliphatic carbocycles. The summed E-state index contributed by atoms with van der Waals surface area (Å²) in [6, 6.07) is -3.60. The molecule has 0 heterocycles.